The van der Waals surface area contributed by atoms with Gasteiger partial charge < -0.3 is 29.3 Å². The van der Waals surface area contributed by atoms with Crippen molar-refractivity contribution in [3.8, 4) is 0 Å². The van der Waals surface area contributed by atoms with E-state index in [0.717, 1.165) is 51.9 Å². The van der Waals surface area contributed by atoms with Gasteiger partial charge in [0.1, 0.15) is 6.10 Å². The van der Waals surface area contributed by atoms with Crippen LogP contribution in [-0.4, -0.2) is 109 Å². The van der Waals surface area contributed by atoms with Gasteiger partial charge in [-0.15, -0.1) is 0 Å². The first-order valence-electron chi connectivity index (χ1n) is 10.7. The molecule has 158 valence electrons. The lowest BCUT2D eigenvalue weighted by Crippen LogP contribution is -2.58. The molecule has 3 aliphatic heterocycles. The summed E-state index contributed by atoms with van der Waals surface area (Å²) in [7, 11) is 2.08. The summed E-state index contributed by atoms with van der Waals surface area (Å²) >= 11 is 0. The highest BCUT2D eigenvalue weighted by molar-refractivity contribution is 5.81. The molecule has 0 unspecified atom stereocenters. The molecule has 0 spiro atoms. The summed E-state index contributed by atoms with van der Waals surface area (Å²) in [5.41, 5.74) is 0. The quantitative estimate of drug-likeness (QED) is 0.706. The Hall–Kier alpha value is -1.22. The van der Waals surface area contributed by atoms with Gasteiger partial charge in [-0.05, 0) is 32.7 Å². The summed E-state index contributed by atoms with van der Waals surface area (Å²) in [6.07, 6.45) is 2.83. The number of hydrogen-bond donors (Lipinski definition) is 1. The summed E-state index contributed by atoms with van der Waals surface area (Å²) in [4.78, 5) is 31.4. The van der Waals surface area contributed by atoms with Crippen LogP contribution in [0.15, 0.2) is 0 Å². The number of nitrogens with zero attached hydrogens (tertiary/aromatic N) is 3. The Morgan fingerprint density at radius 2 is 1.79 bits per heavy atom. The number of hydrogen-bond acceptors (Lipinski definition) is 6. The van der Waals surface area contributed by atoms with Crippen LogP contribution in [0.4, 0.5) is 0 Å². The first-order valence-corrected chi connectivity index (χ1v) is 10.7. The topological polar surface area (TPSA) is 82.6 Å². The molecule has 0 radical (unpaired) electrons. The Bertz CT molecular complexity index is 576. The minimum absolute atomic E-state index is 0.0713. The van der Waals surface area contributed by atoms with Crippen molar-refractivity contribution >= 4 is 11.8 Å². The van der Waals surface area contributed by atoms with Crippen LogP contribution in [0.1, 0.15) is 32.1 Å². The van der Waals surface area contributed by atoms with E-state index in [2.05, 4.69) is 11.9 Å². The molecule has 0 aromatic carbocycles. The standard InChI is InChI=1S/C20H33N3O5/c1-21-6-8-22(9-7-21)19(25)10-16-4-5-17-18(28-16)13-27-12-15(24)11-23(17)20(26)14-2-3-14/h14-18,24H,2-13H2,1H3/t15-,16-,17-,18+/m0/s1. The van der Waals surface area contributed by atoms with Crippen molar-refractivity contribution in [1.82, 2.24) is 14.7 Å². The Morgan fingerprint density at radius 1 is 1.04 bits per heavy atom. The smallest absolute Gasteiger partial charge is 0.226 e. The van der Waals surface area contributed by atoms with Crippen molar-refractivity contribution in [1.29, 1.82) is 0 Å². The number of amides is 2. The predicted octanol–water partition coefficient (Wildman–Crippen LogP) is -0.304. The van der Waals surface area contributed by atoms with E-state index in [0.29, 0.717) is 19.6 Å². The molecule has 3 heterocycles. The first-order chi connectivity index (χ1) is 13.5. The largest absolute Gasteiger partial charge is 0.389 e. The third-order valence-corrected chi connectivity index (χ3v) is 6.45. The highest BCUT2D eigenvalue weighted by Crippen LogP contribution is 2.35. The molecular formula is C20H33N3O5. The first kappa shape index (κ1) is 20.1. The predicted molar refractivity (Wildman–Crippen MR) is 102 cm³/mol. The van der Waals surface area contributed by atoms with Crippen molar-refractivity contribution < 1.29 is 24.2 Å². The Balaban J connectivity index is 1.36. The highest BCUT2D eigenvalue weighted by Gasteiger charge is 2.43. The van der Waals surface area contributed by atoms with E-state index < -0.39 is 6.10 Å². The molecule has 1 N–H and O–H groups in total. The summed E-state index contributed by atoms with van der Waals surface area (Å²) in [5, 5.41) is 10.1. The van der Waals surface area contributed by atoms with Crippen molar-refractivity contribution in [3.05, 3.63) is 0 Å². The van der Waals surface area contributed by atoms with Crippen LogP contribution in [0.5, 0.6) is 0 Å². The van der Waals surface area contributed by atoms with Gasteiger partial charge >= 0.3 is 0 Å². The zero-order valence-corrected chi connectivity index (χ0v) is 16.8. The second-order valence-electron chi connectivity index (χ2n) is 8.79. The van der Waals surface area contributed by atoms with Crippen LogP contribution < -0.4 is 0 Å². The molecule has 2 amide bonds. The normalized spacial score (nSPS) is 35.1. The fourth-order valence-electron chi connectivity index (χ4n) is 4.54. The molecule has 0 aromatic rings. The average Bonchev–Trinajstić information content (AvgIpc) is 3.50. The Morgan fingerprint density at radius 3 is 2.50 bits per heavy atom. The SMILES string of the molecule is CN1CCN(C(=O)C[C@@H]2CC[C@H]3[C@@H](COC[C@@H](O)CN3C(=O)C3CC3)O2)CC1. The molecule has 4 fully saturated rings. The highest BCUT2D eigenvalue weighted by atomic mass is 16.5. The van der Waals surface area contributed by atoms with E-state index in [9.17, 15) is 14.7 Å². The van der Waals surface area contributed by atoms with E-state index >= 15 is 0 Å². The lowest BCUT2D eigenvalue weighted by molar-refractivity contribution is -0.171. The second-order valence-corrected chi connectivity index (χ2v) is 8.79. The van der Waals surface area contributed by atoms with Crippen LogP contribution in [0, 0.1) is 5.92 Å². The zero-order valence-electron chi connectivity index (χ0n) is 16.8. The average molecular weight is 396 g/mol. The molecule has 0 bridgehead atoms. The van der Waals surface area contributed by atoms with Gasteiger partial charge in [0.15, 0.2) is 0 Å². The number of β-amino-alcohol motifs (C(OH)–C–C–N with tert-alkyl or cyclic N) is 1. The summed E-state index contributed by atoms with van der Waals surface area (Å²) in [5.74, 6) is 0.417. The fourth-order valence-corrected chi connectivity index (χ4v) is 4.54. The number of carbonyl (C=O) groups is 2. The molecule has 4 atom stereocenters. The number of fused-ring (bicyclic) bond motifs is 1. The number of aliphatic hydroxyl groups excluding tert-OH is 1. The molecule has 4 aliphatic rings. The molecular weight excluding hydrogens is 362 g/mol. The van der Waals surface area contributed by atoms with Gasteiger partial charge in [0.05, 0.1) is 37.9 Å². The lowest BCUT2D eigenvalue weighted by Gasteiger charge is -2.45. The van der Waals surface area contributed by atoms with Crippen molar-refractivity contribution in [2.45, 2.75) is 56.5 Å². The van der Waals surface area contributed by atoms with Gasteiger partial charge in [-0.1, -0.05) is 0 Å². The Kier molecular flexibility index (Phi) is 6.20. The minimum atomic E-state index is -0.653. The maximum Gasteiger partial charge on any atom is 0.226 e. The number of ether oxygens (including phenoxy) is 2. The third kappa shape index (κ3) is 4.67. The Labute approximate surface area is 166 Å². The second kappa shape index (κ2) is 8.65. The number of aliphatic hydroxyl groups is 1. The minimum Gasteiger partial charge on any atom is -0.389 e. The van der Waals surface area contributed by atoms with Gasteiger partial charge in [0, 0.05) is 38.6 Å². The van der Waals surface area contributed by atoms with Crippen LogP contribution in [0.25, 0.3) is 0 Å². The lowest BCUT2D eigenvalue weighted by atomic mass is 9.94. The van der Waals surface area contributed by atoms with Crippen molar-refractivity contribution in [2.24, 2.45) is 5.92 Å². The van der Waals surface area contributed by atoms with E-state index in [1.165, 1.54) is 0 Å². The third-order valence-electron chi connectivity index (χ3n) is 6.45. The van der Waals surface area contributed by atoms with Gasteiger partial charge in [0.2, 0.25) is 11.8 Å². The monoisotopic (exact) mass is 395 g/mol. The maximum absolute atomic E-state index is 12.8. The van der Waals surface area contributed by atoms with Crippen LogP contribution in [0.2, 0.25) is 0 Å². The molecule has 1 saturated carbocycles. The molecule has 8 nitrogen and oxygen atoms in total. The summed E-state index contributed by atoms with van der Waals surface area (Å²) in [6, 6.07) is -0.0713. The zero-order chi connectivity index (χ0) is 19.7. The molecule has 4 rings (SSSR count). The van der Waals surface area contributed by atoms with Gasteiger partial charge in [-0.2, -0.15) is 0 Å². The van der Waals surface area contributed by atoms with Crippen LogP contribution in [-0.2, 0) is 19.1 Å². The summed E-state index contributed by atoms with van der Waals surface area (Å²) in [6.45, 7) is 4.26. The van der Waals surface area contributed by atoms with Crippen LogP contribution in [0.3, 0.4) is 0 Å². The number of piperazine rings is 1. The van der Waals surface area contributed by atoms with E-state index in [-0.39, 0.29) is 42.6 Å². The molecule has 3 saturated heterocycles. The van der Waals surface area contributed by atoms with E-state index in [1.54, 1.807) is 0 Å². The van der Waals surface area contributed by atoms with Crippen molar-refractivity contribution in [3.63, 3.8) is 0 Å². The summed E-state index contributed by atoms with van der Waals surface area (Å²) < 4.78 is 11.9. The van der Waals surface area contributed by atoms with E-state index in [1.807, 2.05) is 9.80 Å². The number of carbonyl (C=O) groups excluding carboxylic acids is 2. The van der Waals surface area contributed by atoms with E-state index in [4.69, 9.17) is 9.47 Å². The van der Waals surface area contributed by atoms with Gasteiger partial charge in [-0.25, -0.2) is 0 Å². The van der Waals surface area contributed by atoms with Gasteiger partial charge in [-0.3, -0.25) is 9.59 Å². The maximum atomic E-state index is 12.8. The molecule has 1 aliphatic carbocycles. The van der Waals surface area contributed by atoms with Gasteiger partial charge in [0.25, 0.3) is 0 Å². The fraction of sp³-hybridized carbons (Fsp3) is 0.900. The molecule has 8 heteroatoms. The number of likely N-dealkylation sites (N-methyl/N-ethyl adjacent to an activating group) is 1. The van der Waals surface area contributed by atoms with Crippen LogP contribution >= 0.6 is 0 Å². The number of rotatable bonds is 3. The molecule has 0 aromatic heterocycles. The molecule has 28 heavy (non-hydrogen) atoms. The van der Waals surface area contributed by atoms with Crippen molar-refractivity contribution in [2.75, 3.05) is 53.0 Å².